The van der Waals surface area contributed by atoms with Gasteiger partial charge in [-0.1, -0.05) is 31.4 Å². The summed E-state index contributed by atoms with van der Waals surface area (Å²) in [4.78, 5) is 7.13. The molecule has 0 unspecified atom stereocenters. The van der Waals surface area contributed by atoms with Crippen molar-refractivity contribution in [2.75, 3.05) is 0 Å². The Hall–Kier alpha value is -2.01. The smallest absolute Gasteiger partial charge is 0.206 e. The van der Waals surface area contributed by atoms with Gasteiger partial charge in [0, 0.05) is 5.38 Å². The van der Waals surface area contributed by atoms with Crippen molar-refractivity contribution in [3.63, 3.8) is 0 Å². The van der Waals surface area contributed by atoms with Crippen molar-refractivity contribution in [2.24, 2.45) is 10.1 Å². The standard InChI is InChI=1S/C21H19BrN4S2/c22-20-11-10-19(28-20)18-14-27-21(25-17-4-2-1-3-5-17)26(18)24-13-16-8-6-15(12-23)7-9-16/h6-11,13-14,17H,1-5H2/b24-13-,25-21?. The fourth-order valence-corrected chi connectivity index (χ4v) is 5.62. The number of nitrogens with zero attached hydrogens (tertiary/aromatic N) is 4. The number of rotatable bonds is 4. The molecule has 0 saturated heterocycles. The van der Waals surface area contributed by atoms with Crippen LogP contribution in [0.2, 0.25) is 0 Å². The minimum Gasteiger partial charge on any atom is -0.254 e. The largest absolute Gasteiger partial charge is 0.254 e. The highest BCUT2D eigenvalue weighted by Gasteiger charge is 2.14. The van der Waals surface area contributed by atoms with Crippen molar-refractivity contribution in [1.82, 2.24) is 4.68 Å². The Morgan fingerprint density at radius 3 is 2.57 bits per heavy atom. The van der Waals surface area contributed by atoms with Crippen molar-refractivity contribution in [3.05, 3.63) is 61.5 Å². The molecule has 4 rings (SSSR count). The number of thiazole rings is 1. The van der Waals surface area contributed by atoms with Crippen LogP contribution in [0.3, 0.4) is 0 Å². The molecule has 142 valence electrons. The zero-order chi connectivity index (χ0) is 19.3. The summed E-state index contributed by atoms with van der Waals surface area (Å²) in [6.45, 7) is 0. The lowest BCUT2D eigenvalue weighted by atomic mass is 9.96. The van der Waals surface area contributed by atoms with Gasteiger partial charge in [0.1, 0.15) is 0 Å². The summed E-state index contributed by atoms with van der Waals surface area (Å²) >= 11 is 6.89. The Balaban J connectivity index is 1.73. The summed E-state index contributed by atoms with van der Waals surface area (Å²) in [7, 11) is 0. The van der Waals surface area contributed by atoms with E-state index in [4.69, 9.17) is 15.4 Å². The summed E-state index contributed by atoms with van der Waals surface area (Å²) in [6.07, 6.45) is 8.01. The zero-order valence-electron chi connectivity index (χ0n) is 15.2. The highest BCUT2D eigenvalue weighted by molar-refractivity contribution is 9.11. The second-order valence-electron chi connectivity index (χ2n) is 6.72. The Labute approximate surface area is 180 Å². The lowest BCUT2D eigenvalue weighted by Crippen LogP contribution is -2.18. The molecule has 1 saturated carbocycles. The zero-order valence-corrected chi connectivity index (χ0v) is 18.4. The van der Waals surface area contributed by atoms with Crippen LogP contribution in [-0.4, -0.2) is 16.9 Å². The molecule has 1 aliphatic carbocycles. The predicted octanol–water partition coefficient (Wildman–Crippen LogP) is 6.03. The molecular formula is C21H19BrN4S2. The average Bonchev–Trinajstić information content (AvgIpc) is 3.33. The third-order valence-electron chi connectivity index (χ3n) is 4.74. The van der Waals surface area contributed by atoms with Crippen molar-refractivity contribution in [1.29, 1.82) is 5.26 Å². The van der Waals surface area contributed by atoms with E-state index in [1.165, 1.54) is 19.3 Å². The SMILES string of the molecule is N#Cc1ccc(/C=N\n2c(-c3ccc(Br)s3)csc2=NC2CCCCC2)cc1. The summed E-state index contributed by atoms with van der Waals surface area (Å²) in [6, 6.07) is 14.1. The molecule has 4 nitrogen and oxygen atoms in total. The molecule has 0 N–H and O–H groups in total. The van der Waals surface area contributed by atoms with E-state index in [0.29, 0.717) is 11.6 Å². The number of benzene rings is 1. The van der Waals surface area contributed by atoms with Gasteiger partial charge in [0.15, 0.2) is 0 Å². The maximum atomic E-state index is 8.96. The van der Waals surface area contributed by atoms with Gasteiger partial charge in [-0.3, -0.25) is 4.99 Å². The fraction of sp³-hybridized carbons (Fsp3) is 0.286. The molecule has 7 heteroatoms. The van der Waals surface area contributed by atoms with Crippen molar-refractivity contribution in [2.45, 2.75) is 38.1 Å². The fourth-order valence-electron chi connectivity index (χ4n) is 3.26. The van der Waals surface area contributed by atoms with E-state index in [9.17, 15) is 0 Å². The summed E-state index contributed by atoms with van der Waals surface area (Å²) in [5.41, 5.74) is 2.66. The molecule has 1 aliphatic rings. The Kier molecular flexibility index (Phi) is 6.20. The van der Waals surface area contributed by atoms with Gasteiger partial charge in [-0.05, 0) is 58.6 Å². The van der Waals surface area contributed by atoms with Crippen LogP contribution >= 0.6 is 38.6 Å². The van der Waals surface area contributed by atoms with Gasteiger partial charge >= 0.3 is 0 Å². The molecule has 1 aromatic carbocycles. The first kappa shape index (κ1) is 19.3. The molecule has 3 aromatic rings. The monoisotopic (exact) mass is 470 g/mol. The topological polar surface area (TPSA) is 53.4 Å². The average molecular weight is 471 g/mol. The molecule has 0 bridgehead atoms. The molecular weight excluding hydrogens is 452 g/mol. The van der Waals surface area contributed by atoms with Gasteiger partial charge in [0.05, 0.1) is 38.2 Å². The molecule has 0 aliphatic heterocycles. The minimum atomic E-state index is 0.395. The van der Waals surface area contributed by atoms with E-state index in [0.717, 1.165) is 37.6 Å². The Morgan fingerprint density at radius 1 is 1.11 bits per heavy atom. The van der Waals surface area contributed by atoms with Gasteiger partial charge in [0.2, 0.25) is 4.80 Å². The molecule has 2 aromatic heterocycles. The molecule has 1 fully saturated rings. The maximum absolute atomic E-state index is 8.96. The number of aromatic nitrogens is 1. The molecule has 2 heterocycles. The number of hydrogen-bond donors (Lipinski definition) is 0. The van der Waals surface area contributed by atoms with E-state index >= 15 is 0 Å². The van der Waals surface area contributed by atoms with E-state index in [-0.39, 0.29) is 0 Å². The lowest BCUT2D eigenvalue weighted by Gasteiger charge is -2.16. The van der Waals surface area contributed by atoms with Crippen LogP contribution in [0, 0.1) is 11.3 Å². The molecule has 0 amide bonds. The molecule has 28 heavy (non-hydrogen) atoms. The van der Waals surface area contributed by atoms with Crippen LogP contribution in [0.25, 0.3) is 10.6 Å². The first-order chi connectivity index (χ1) is 13.7. The first-order valence-electron chi connectivity index (χ1n) is 9.27. The van der Waals surface area contributed by atoms with Gasteiger partial charge in [-0.15, -0.1) is 22.7 Å². The first-order valence-corrected chi connectivity index (χ1v) is 11.8. The van der Waals surface area contributed by atoms with Gasteiger partial charge in [-0.25, -0.2) is 4.68 Å². The van der Waals surface area contributed by atoms with Crippen LogP contribution < -0.4 is 4.80 Å². The third kappa shape index (κ3) is 4.52. The molecule has 0 atom stereocenters. The summed E-state index contributed by atoms with van der Waals surface area (Å²) < 4.78 is 3.05. The normalized spacial score (nSPS) is 15.9. The van der Waals surface area contributed by atoms with Crippen molar-refractivity contribution in [3.8, 4) is 16.6 Å². The summed E-state index contributed by atoms with van der Waals surface area (Å²) in [5.74, 6) is 0. The van der Waals surface area contributed by atoms with E-state index in [1.807, 2.05) is 35.2 Å². The van der Waals surface area contributed by atoms with Gasteiger partial charge < -0.3 is 0 Å². The molecule has 0 spiro atoms. The van der Waals surface area contributed by atoms with Crippen LogP contribution in [0.4, 0.5) is 0 Å². The number of halogens is 1. The second-order valence-corrected chi connectivity index (χ2v) is 10.0. The second kappa shape index (κ2) is 8.99. The van der Waals surface area contributed by atoms with Gasteiger partial charge in [-0.2, -0.15) is 10.4 Å². The van der Waals surface area contributed by atoms with Crippen molar-refractivity contribution < 1.29 is 0 Å². The van der Waals surface area contributed by atoms with Crippen LogP contribution in [0.1, 0.15) is 43.2 Å². The van der Waals surface area contributed by atoms with Crippen LogP contribution in [-0.2, 0) is 0 Å². The minimum absolute atomic E-state index is 0.395. The van der Waals surface area contributed by atoms with Crippen LogP contribution in [0.5, 0.6) is 0 Å². The van der Waals surface area contributed by atoms with E-state index in [1.54, 1.807) is 22.7 Å². The number of hydrogen-bond acceptors (Lipinski definition) is 5. The highest BCUT2D eigenvalue weighted by Crippen LogP contribution is 2.31. The van der Waals surface area contributed by atoms with E-state index in [2.05, 4.69) is 39.5 Å². The lowest BCUT2D eigenvalue weighted by molar-refractivity contribution is 0.435. The molecule has 0 radical (unpaired) electrons. The Morgan fingerprint density at radius 2 is 1.89 bits per heavy atom. The number of nitriles is 1. The third-order valence-corrected chi connectivity index (χ3v) is 7.22. The van der Waals surface area contributed by atoms with Crippen molar-refractivity contribution >= 4 is 44.8 Å². The number of thiophene rings is 1. The predicted molar refractivity (Wildman–Crippen MR) is 120 cm³/mol. The Bertz CT molecular complexity index is 1080. The van der Waals surface area contributed by atoms with Crippen LogP contribution in [0.15, 0.2) is 55.7 Å². The maximum Gasteiger partial charge on any atom is 0.206 e. The van der Waals surface area contributed by atoms with Gasteiger partial charge in [0.25, 0.3) is 0 Å². The van der Waals surface area contributed by atoms with E-state index < -0.39 is 0 Å². The summed E-state index contributed by atoms with van der Waals surface area (Å²) in [5, 5.41) is 15.9. The quantitative estimate of drug-likeness (QED) is 0.429. The highest BCUT2D eigenvalue weighted by atomic mass is 79.9.